The van der Waals surface area contributed by atoms with Crippen molar-refractivity contribution in [3.05, 3.63) is 137 Å². The molecular formula is C55H61N. The van der Waals surface area contributed by atoms with Crippen molar-refractivity contribution in [1.29, 1.82) is 0 Å². The van der Waals surface area contributed by atoms with Crippen molar-refractivity contribution in [3.8, 4) is 22.3 Å². The van der Waals surface area contributed by atoms with Crippen molar-refractivity contribution < 1.29 is 0 Å². The molecule has 6 fully saturated rings. The van der Waals surface area contributed by atoms with Crippen LogP contribution in [0.1, 0.15) is 156 Å². The van der Waals surface area contributed by atoms with Crippen LogP contribution in [0.15, 0.2) is 109 Å². The van der Waals surface area contributed by atoms with E-state index in [1.807, 2.05) is 0 Å². The highest BCUT2D eigenvalue weighted by Crippen LogP contribution is 2.60. The van der Waals surface area contributed by atoms with E-state index in [1.165, 1.54) is 158 Å². The fourth-order valence-corrected chi connectivity index (χ4v) is 13.7. The first-order chi connectivity index (χ1) is 27.5. The van der Waals surface area contributed by atoms with Crippen LogP contribution in [0.2, 0.25) is 0 Å². The maximum Gasteiger partial charge on any atom is 0.0465 e. The zero-order chi connectivity index (χ0) is 37.4. The van der Waals surface area contributed by atoms with Crippen LogP contribution in [0.5, 0.6) is 0 Å². The van der Waals surface area contributed by atoms with Crippen LogP contribution in [-0.4, -0.2) is 0 Å². The number of anilines is 3. The lowest BCUT2D eigenvalue weighted by molar-refractivity contribution is -0.00277. The van der Waals surface area contributed by atoms with E-state index < -0.39 is 0 Å². The maximum absolute atomic E-state index is 2.55. The highest BCUT2D eigenvalue weighted by molar-refractivity contribution is 5.90. The van der Waals surface area contributed by atoms with Gasteiger partial charge in [0.05, 0.1) is 0 Å². The number of hydrogen-bond donors (Lipinski definition) is 0. The Bertz CT molecular complexity index is 2160. The van der Waals surface area contributed by atoms with E-state index in [0.717, 1.165) is 35.5 Å². The summed E-state index contributed by atoms with van der Waals surface area (Å²) in [5, 5.41) is 0. The number of hydrogen-bond acceptors (Lipinski definition) is 1. The molecule has 0 aliphatic heterocycles. The van der Waals surface area contributed by atoms with Gasteiger partial charge in [0.15, 0.2) is 0 Å². The topological polar surface area (TPSA) is 3.24 Å². The molecule has 1 nitrogen and oxygen atoms in total. The van der Waals surface area contributed by atoms with Gasteiger partial charge in [-0.2, -0.15) is 0 Å². The lowest BCUT2D eigenvalue weighted by atomic mass is 9.51. The average molecular weight is 736 g/mol. The molecule has 0 radical (unpaired) electrons. The van der Waals surface area contributed by atoms with Crippen molar-refractivity contribution >= 4 is 17.1 Å². The van der Waals surface area contributed by atoms with Crippen LogP contribution >= 0.6 is 0 Å². The summed E-state index contributed by atoms with van der Waals surface area (Å²) in [6.45, 7) is 4.93. The number of nitrogens with zero attached hydrogens (tertiary/aromatic N) is 1. The van der Waals surface area contributed by atoms with E-state index in [0.29, 0.717) is 5.92 Å². The Balaban J connectivity index is 0.950. The van der Waals surface area contributed by atoms with Crippen molar-refractivity contribution in [3.63, 3.8) is 0 Å². The minimum absolute atomic E-state index is 0.126. The Kier molecular flexibility index (Phi) is 8.82. The van der Waals surface area contributed by atoms with Gasteiger partial charge in [-0.05, 0) is 186 Å². The highest BCUT2D eigenvalue weighted by Gasteiger charge is 2.48. The molecule has 0 N–H and O–H groups in total. The summed E-state index contributed by atoms with van der Waals surface area (Å²) in [5.74, 6) is 6.04. The standard InChI is InChI=1S/C55H61N/c1-55(2)52-35-48(28-29-50(52)51-15-9-14-49(54(51)55)42-18-16-40(17-19-42)38-10-5-3-6-11-38)56(46-24-20-41(21-25-46)39-12-7-4-8-13-39)47-26-22-43(23-27-47)53-44-31-36-30-37(33-44)34-45(53)32-36/h9,14-29,35-39,44-45,53H,3-8,10-13,30-34H2,1-2H3. The Morgan fingerprint density at radius 1 is 0.464 bits per heavy atom. The lowest BCUT2D eigenvalue weighted by Crippen LogP contribution is -2.43. The second kappa shape index (κ2) is 14.1. The van der Waals surface area contributed by atoms with E-state index in [1.54, 1.807) is 5.56 Å². The van der Waals surface area contributed by atoms with Crippen LogP contribution in [-0.2, 0) is 5.41 Å². The van der Waals surface area contributed by atoms with Gasteiger partial charge in [-0.1, -0.05) is 125 Å². The van der Waals surface area contributed by atoms with Gasteiger partial charge in [0.1, 0.15) is 0 Å². The predicted octanol–water partition coefficient (Wildman–Crippen LogP) is 15.8. The SMILES string of the molecule is CC1(C)c2cc(N(c3ccc(C4CCCCC4)cc3)c3ccc(C4C5CC6CC(C5)CC4C6)cc3)ccc2-c2cccc(-c3ccc(C4CCCCC4)cc3)c21. The quantitative estimate of drug-likeness (QED) is 0.161. The molecule has 7 aliphatic carbocycles. The Labute approximate surface area is 337 Å². The Morgan fingerprint density at radius 3 is 1.54 bits per heavy atom. The zero-order valence-electron chi connectivity index (χ0n) is 34.0. The van der Waals surface area contributed by atoms with Crippen LogP contribution in [0.25, 0.3) is 22.3 Å². The van der Waals surface area contributed by atoms with Gasteiger partial charge < -0.3 is 4.90 Å². The molecule has 1 heteroatoms. The summed E-state index contributed by atoms with van der Waals surface area (Å²) in [5.41, 5.74) is 16.8. The fourth-order valence-electron chi connectivity index (χ4n) is 13.7. The second-order valence-electron chi connectivity index (χ2n) is 19.8. The van der Waals surface area contributed by atoms with Crippen molar-refractivity contribution in [2.24, 2.45) is 23.7 Å². The van der Waals surface area contributed by atoms with Crippen LogP contribution < -0.4 is 4.90 Å². The molecule has 0 heterocycles. The van der Waals surface area contributed by atoms with Crippen LogP contribution in [0.3, 0.4) is 0 Å². The smallest absolute Gasteiger partial charge is 0.0465 e. The first-order valence-corrected chi connectivity index (χ1v) is 22.9. The summed E-state index contributed by atoms with van der Waals surface area (Å²) in [6.07, 6.45) is 21.1. The molecule has 0 unspecified atom stereocenters. The summed E-state index contributed by atoms with van der Waals surface area (Å²) in [7, 11) is 0. The molecule has 5 aromatic carbocycles. The molecular weight excluding hydrogens is 675 g/mol. The monoisotopic (exact) mass is 735 g/mol. The normalized spacial score (nSPS) is 26.6. The molecule has 56 heavy (non-hydrogen) atoms. The van der Waals surface area contributed by atoms with E-state index in [2.05, 4.69) is 128 Å². The molecule has 6 saturated carbocycles. The molecule has 286 valence electrons. The maximum atomic E-state index is 2.55. The lowest BCUT2D eigenvalue weighted by Gasteiger charge is -2.54. The van der Waals surface area contributed by atoms with Gasteiger partial charge >= 0.3 is 0 Å². The van der Waals surface area contributed by atoms with E-state index in [-0.39, 0.29) is 5.41 Å². The third-order valence-electron chi connectivity index (χ3n) is 16.2. The minimum atomic E-state index is -0.126. The van der Waals surface area contributed by atoms with Crippen molar-refractivity contribution in [1.82, 2.24) is 0 Å². The van der Waals surface area contributed by atoms with Crippen LogP contribution in [0, 0.1) is 23.7 Å². The molecule has 7 aliphatic rings. The molecule has 0 amide bonds. The highest BCUT2D eigenvalue weighted by atomic mass is 15.1. The fraction of sp³-hybridized carbons (Fsp3) is 0.455. The molecule has 0 spiro atoms. The zero-order valence-corrected chi connectivity index (χ0v) is 34.0. The second-order valence-corrected chi connectivity index (χ2v) is 19.8. The van der Waals surface area contributed by atoms with E-state index >= 15 is 0 Å². The van der Waals surface area contributed by atoms with Gasteiger partial charge in [0.25, 0.3) is 0 Å². The molecule has 0 aromatic heterocycles. The summed E-state index contributed by atoms with van der Waals surface area (Å²) >= 11 is 0. The largest absolute Gasteiger partial charge is 0.310 e. The Hall–Kier alpha value is -4.10. The van der Waals surface area contributed by atoms with Crippen LogP contribution in [0.4, 0.5) is 17.1 Å². The van der Waals surface area contributed by atoms with Gasteiger partial charge in [-0.15, -0.1) is 0 Å². The average Bonchev–Trinajstić information content (AvgIpc) is 3.47. The van der Waals surface area contributed by atoms with Crippen molar-refractivity contribution in [2.75, 3.05) is 4.90 Å². The number of rotatable bonds is 7. The summed E-state index contributed by atoms with van der Waals surface area (Å²) in [6, 6.07) is 43.7. The number of fused-ring (bicyclic) bond motifs is 3. The van der Waals surface area contributed by atoms with Crippen molar-refractivity contribution in [2.45, 2.75) is 133 Å². The van der Waals surface area contributed by atoms with Gasteiger partial charge in [0.2, 0.25) is 0 Å². The molecule has 5 aromatic rings. The summed E-state index contributed by atoms with van der Waals surface area (Å²) < 4.78 is 0. The van der Waals surface area contributed by atoms with E-state index in [4.69, 9.17) is 0 Å². The molecule has 0 atom stereocenters. The Morgan fingerprint density at radius 2 is 0.964 bits per heavy atom. The third kappa shape index (κ3) is 6.01. The molecule has 12 rings (SSSR count). The van der Waals surface area contributed by atoms with E-state index in [9.17, 15) is 0 Å². The van der Waals surface area contributed by atoms with Gasteiger partial charge in [-0.3, -0.25) is 0 Å². The first-order valence-electron chi connectivity index (χ1n) is 22.9. The number of benzene rings is 5. The van der Waals surface area contributed by atoms with Gasteiger partial charge in [0, 0.05) is 22.5 Å². The summed E-state index contributed by atoms with van der Waals surface area (Å²) in [4.78, 5) is 2.55. The molecule has 0 saturated heterocycles. The third-order valence-corrected chi connectivity index (χ3v) is 16.2. The molecule has 4 bridgehead atoms. The van der Waals surface area contributed by atoms with Gasteiger partial charge in [-0.25, -0.2) is 0 Å². The predicted molar refractivity (Wildman–Crippen MR) is 236 cm³/mol. The first kappa shape index (κ1) is 35.1. The minimum Gasteiger partial charge on any atom is -0.310 e.